The van der Waals surface area contributed by atoms with Crippen LogP contribution < -0.4 is 5.73 Å². The Morgan fingerprint density at radius 2 is 2.17 bits per heavy atom. The van der Waals surface area contributed by atoms with E-state index in [1.165, 1.54) is 6.42 Å². The van der Waals surface area contributed by atoms with E-state index in [9.17, 15) is 0 Å². The molecule has 0 radical (unpaired) electrons. The Hall–Kier alpha value is -1.43. The number of hydrogen-bond acceptors (Lipinski definition) is 4. The van der Waals surface area contributed by atoms with Crippen LogP contribution in [0.15, 0.2) is 22.7 Å². The van der Waals surface area contributed by atoms with Gasteiger partial charge < -0.3 is 5.73 Å². The van der Waals surface area contributed by atoms with Gasteiger partial charge in [-0.05, 0) is 64.7 Å². The summed E-state index contributed by atoms with van der Waals surface area (Å²) in [5.41, 5.74) is 7.59. The highest BCUT2D eigenvalue weighted by Gasteiger charge is 2.37. The number of nitrogens with two attached hydrogens (primary N) is 1. The first-order valence-electron chi connectivity index (χ1n) is 5.95. The van der Waals surface area contributed by atoms with Gasteiger partial charge in [0, 0.05) is 11.3 Å². The zero-order chi connectivity index (χ0) is 12.8. The predicted molar refractivity (Wildman–Crippen MR) is 72.9 cm³/mol. The molecule has 0 bridgehead atoms. The van der Waals surface area contributed by atoms with Crippen molar-refractivity contribution < 1.29 is 0 Å². The van der Waals surface area contributed by atoms with E-state index < -0.39 is 0 Å². The summed E-state index contributed by atoms with van der Waals surface area (Å²) in [6.45, 7) is 2.19. The Labute approximate surface area is 113 Å². The summed E-state index contributed by atoms with van der Waals surface area (Å²) in [7, 11) is 0. The lowest BCUT2D eigenvalue weighted by Crippen LogP contribution is -2.38. The van der Waals surface area contributed by atoms with Gasteiger partial charge in [0.2, 0.25) is 0 Å². The lowest BCUT2D eigenvalue weighted by atomic mass is 9.78. The second kappa shape index (κ2) is 4.05. The fraction of sp³-hybridized carbons (Fsp3) is 0.417. The van der Waals surface area contributed by atoms with Crippen LogP contribution in [0.3, 0.4) is 0 Å². The number of rotatable bonds is 2. The Morgan fingerprint density at radius 3 is 2.83 bits per heavy atom. The van der Waals surface area contributed by atoms with E-state index in [2.05, 4.69) is 38.4 Å². The van der Waals surface area contributed by atoms with Crippen LogP contribution in [-0.2, 0) is 5.54 Å². The van der Waals surface area contributed by atoms with Crippen LogP contribution in [0.25, 0.3) is 11.4 Å². The molecule has 1 saturated carbocycles. The SMILES string of the molecule is CC1(n2nnnc2-c2cccc(N)c2Br)CCC1. The maximum absolute atomic E-state index is 5.91. The fourth-order valence-corrected chi connectivity index (χ4v) is 2.78. The first-order chi connectivity index (χ1) is 8.62. The first-order valence-corrected chi connectivity index (χ1v) is 6.74. The molecule has 2 aromatic rings. The number of benzene rings is 1. The van der Waals surface area contributed by atoms with Crippen LogP contribution in [0.1, 0.15) is 26.2 Å². The monoisotopic (exact) mass is 307 g/mol. The van der Waals surface area contributed by atoms with Crippen LogP contribution in [0.2, 0.25) is 0 Å². The van der Waals surface area contributed by atoms with Gasteiger partial charge in [0.25, 0.3) is 0 Å². The zero-order valence-corrected chi connectivity index (χ0v) is 11.7. The summed E-state index contributed by atoms with van der Waals surface area (Å²) in [5.74, 6) is 0.774. The normalized spacial score (nSPS) is 17.4. The van der Waals surface area contributed by atoms with Crippen LogP contribution in [0.4, 0.5) is 5.69 Å². The number of aromatic nitrogens is 4. The van der Waals surface area contributed by atoms with Gasteiger partial charge in [0.15, 0.2) is 5.82 Å². The van der Waals surface area contributed by atoms with E-state index in [1.807, 2.05) is 22.9 Å². The van der Waals surface area contributed by atoms with E-state index >= 15 is 0 Å². The van der Waals surface area contributed by atoms with Gasteiger partial charge in [-0.25, -0.2) is 4.68 Å². The molecular formula is C12H14BrN5. The molecule has 1 aliphatic rings. The number of tetrazole rings is 1. The Balaban J connectivity index is 2.13. The van der Waals surface area contributed by atoms with Crippen LogP contribution in [-0.4, -0.2) is 20.2 Å². The minimum absolute atomic E-state index is 0.0445. The second-order valence-electron chi connectivity index (χ2n) is 4.97. The quantitative estimate of drug-likeness (QED) is 0.866. The van der Waals surface area contributed by atoms with Crippen LogP contribution in [0.5, 0.6) is 0 Å². The van der Waals surface area contributed by atoms with Crippen molar-refractivity contribution in [2.45, 2.75) is 31.7 Å². The first kappa shape index (κ1) is 11.6. The number of nitrogens with zero attached hydrogens (tertiary/aromatic N) is 4. The predicted octanol–water partition coefficient (Wildman–Crippen LogP) is 2.58. The molecule has 0 saturated heterocycles. The average molecular weight is 308 g/mol. The fourth-order valence-electron chi connectivity index (χ4n) is 2.34. The highest BCUT2D eigenvalue weighted by atomic mass is 79.9. The second-order valence-corrected chi connectivity index (χ2v) is 5.77. The molecule has 94 valence electrons. The van der Waals surface area contributed by atoms with E-state index in [0.717, 1.165) is 28.7 Å². The standard InChI is InChI=1S/C12H14BrN5/c1-12(6-3-7-12)18-11(15-16-17-18)8-4-2-5-9(14)10(8)13/h2,4-5H,3,6-7,14H2,1H3. The van der Waals surface area contributed by atoms with Gasteiger partial charge >= 0.3 is 0 Å². The maximum Gasteiger partial charge on any atom is 0.183 e. The number of nitrogen functional groups attached to an aromatic ring is 1. The van der Waals surface area contributed by atoms with Crippen LogP contribution in [0, 0.1) is 0 Å². The molecule has 1 heterocycles. The topological polar surface area (TPSA) is 69.6 Å². The molecule has 1 aromatic carbocycles. The van der Waals surface area contributed by atoms with E-state index in [0.29, 0.717) is 5.69 Å². The summed E-state index contributed by atoms with van der Waals surface area (Å²) in [5, 5.41) is 12.1. The highest BCUT2D eigenvalue weighted by Crippen LogP contribution is 2.41. The molecule has 1 fully saturated rings. The Bertz CT molecular complexity index is 588. The van der Waals surface area contributed by atoms with Crippen LogP contribution >= 0.6 is 15.9 Å². The van der Waals surface area contributed by atoms with Crippen molar-refractivity contribution in [1.82, 2.24) is 20.2 Å². The molecule has 0 amide bonds. The minimum atomic E-state index is 0.0445. The van der Waals surface area contributed by atoms with Gasteiger partial charge in [0.1, 0.15) is 0 Å². The van der Waals surface area contributed by atoms with Crippen molar-refractivity contribution in [2.24, 2.45) is 0 Å². The molecule has 18 heavy (non-hydrogen) atoms. The third kappa shape index (κ3) is 1.63. The number of anilines is 1. The smallest absolute Gasteiger partial charge is 0.183 e. The molecule has 6 heteroatoms. The van der Waals surface area contributed by atoms with Crippen molar-refractivity contribution >= 4 is 21.6 Å². The van der Waals surface area contributed by atoms with E-state index in [1.54, 1.807) is 0 Å². The van der Waals surface area contributed by atoms with Gasteiger partial charge in [0.05, 0.1) is 10.0 Å². The van der Waals surface area contributed by atoms with E-state index in [-0.39, 0.29) is 5.54 Å². The lowest BCUT2D eigenvalue weighted by molar-refractivity contribution is 0.148. The summed E-state index contributed by atoms with van der Waals surface area (Å²) >= 11 is 3.51. The van der Waals surface area contributed by atoms with E-state index in [4.69, 9.17) is 5.73 Å². The molecule has 0 aliphatic heterocycles. The maximum atomic E-state index is 5.91. The highest BCUT2D eigenvalue weighted by molar-refractivity contribution is 9.10. The lowest BCUT2D eigenvalue weighted by Gasteiger charge is -2.38. The van der Waals surface area contributed by atoms with Crippen molar-refractivity contribution in [1.29, 1.82) is 0 Å². The number of halogens is 1. The van der Waals surface area contributed by atoms with Gasteiger partial charge in [-0.1, -0.05) is 6.07 Å². The molecule has 0 unspecified atom stereocenters. The molecule has 1 aliphatic carbocycles. The van der Waals surface area contributed by atoms with Crippen molar-refractivity contribution in [3.63, 3.8) is 0 Å². The molecule has 5 nitrogen and oxygen atoms in total. The molecule has 3 rings (SSSR count). The zero-order valence-electron chi connectivity index (χ0n) is 10.1. The third-order valence-corrected chi connectivity index (χ3v) is 4.57. The molecular weight excluding hydrogens is 294 g/mol. The summed E-state index contributed by atoms with van der Waals surface area (Å²) in [4.78, 5) is 0. The Morgan fingerprint density at radius 1 is 1.39 bits per heavy atom. The summed E-state index contributed by atoms with van der Waals surface area (Å²) in [6, 6.07) is 5.75. The number of hydrogen-bond donors (Lipinski definition) is 1. The largest absolute Gasteiger partial charge is 0.398 e. The van der Waals surface area contributed by atoms with Gasteiger partial charge in [-0.3, -0.25) is 0 Å². The Kier molecular flexibility index (Phi) is 2.62. The minimum Gasteiger partial charge on any atom is -0.398 e. The molecule has 0 atom stereocenters. The molecule has 1 aromatic heterocycles. The molecule has 2 N–H and O–H groups in total. The average Bonchev–Trinajstić information content (AvgIpc) is 2.79. The molecule has 0 spiro atoms. The van der Waals surface area contributed by atoms with Crippen molar-refractivity contribution in [2.75, 3.05) is 5.73 Å². The van der Waals surface area contributed by atoms with Gasteiger partial charge in [-0.15, -0.1) is 5.10 Å². The summed E-state index contributed by atoms with van der Waals surface area (Å²) < 4.78 is 2.78. The van der Waals surface area contributed by atoms with Crippen molar-refractivity contribution in [3.05, 3.63) is 22.7 Å². The van der Waals surface area contributed by atoms with Crippen molar-refractivity contribution in [3.8, 4) is 11.4 Å². The van der Waals surface area contributed by atoms with Gasteiger partial charge in [-0.2, -0.15) is 0 Å². The summed E-state index contributed by atoms with van der Waals surface area (Å²) in [6.07, 6.45) is 3.46. The third-order valence-electron chi connectivity index (χ3n) is 3.68.